The number of guanidine groups is 1. The van der Waals surface area contributed by atoms with Gasteiger partial charge in [0.25, 0.3) is 5.91 Å². The maximum atomic E-state index is 13.5. The lowest BCUT2D eigenvalue weighted by molar-refractivity contribution is -0.113. The lowest BCUT2D eigenvalue weighted by Gasteiger charge is -2.26. The van der Waals surface area contributed by atoms with Gasteiger partial charge in [-0.15, -0.1) is 0 Å². The van der Waals surface area contributed by atoms with Gasteiger partial charge in [0.15, 0.2) is 5.58 Å². The number of benzene rings is 2. The third-order valence-corrected chi connectivity index (χ3v) is 5.74. The summed E-state index contributed by atoms with van der Waals surface area (Å²) in [5.41, 5.74) is 2.50. The van der Waals surface area contributed by atoms with Crippen molar-refractivity contribution in [2.45, 2.75) is 13.0 Å². The van der Waals surface area contributed by atoms with Gasteiger partial charge in [0, 0.05) is 28.5 Å². The number of hydrogen-bond acceptors (Lipinski definition) is 8. The molecule has 5 rings (SSSR count). The molecule has 1 aliphatic heterocycles. The Kier molecular flexibility index (Phi) is 6.06. The Morgan fingerprint density at radius 3 is 2.86 bits per heavy atom. The zero-order valence-corrected chi connectivity index (χ0v) is 19.5. The van der Waals surface area contributed by atoms with E-state index >= 15 is 0 Å². The summed E-state index contributed by atoms with van der Waals surface area (Å²) >= 11 is 6.47. The van der Waals surface area contributed by atoms with Crippen LogP contribution in [0.25, 0.3) is 11.1 Å². The van der Waals surface area contributed by atoms with E-state index in [2.05, 4.69) is 30.9 Å². The van der Waals surface area contributed by atoms with E-state index in [4.69, 9.17) is 21.3 Å². The fourth-order valence-electron chi connectivity index (χ4n) is 3.76. The Balaban J connectivity index is 1.49. The van der Waals surface area contributed by atoms with Gasteiger partial charge in [0.1, 0.15) is 23.2 Å². The Bertz CT molecular complexity index is 1610. The predicted octanol–water partition coefficient (Wildman–Crippen LogP) is 4.91. The highest BCUT2D eigenvalue weighted by Crippen LogP contribution is 2.35. The summed E-state index contributed by atoms with van der Waals surface area (Å²) in [6.07, 6.45) is 1.44. The average Bonchev–Trinajstić information content (AvgIpc) is 3.25. The number of aromatic nitrogens is 2. The minimum absolute atomic E-state index is 0.0954. The van der Waals surface area contributed by atoms with Gasteiger partial charge in [-0.3, -0.25) is 10.1 Å². The first-order chi connectivity index (χ1) is 17.4. The van der Waals surface area contributed by atoms with Crippen LogP contribution < -0.4 is 16.0 Å². The van der Waals surface area contributed by atoms with Crippen molar-refractivity contribution in [3.05, 3.63) is 94.0 Å². The molecule has 9 nitrogen and oxygen atoms in total. The molecule has 3 heterocycles. The van der Waals surface area contributed by atoms with E-state index < -0.39 is 17.8 Å². The number of carbonyl (C=O) groups excluding carboxylic acids is 1. The minimum atomic E-state index is -0.788. The number of halogens is 2. The number of fused-ring (bicyclic) bond motifs is 1. The number of carbonyl (C=O) groups is 1. The Hall–Kier alpha value is -4.75. The highest BCUT2D eigenvalue weighted by Gasteiger charge is 2.31. The van der Waals surface area contributed by atoms with Crippen LogP contribution >= 0.6 is 11.6 Å². The van der Waals surface area contributed by atoms with E-state index in [1.165, 1.54) is 36.5 Å². The van der Waals surface area contributed by atoms with Gasteiger partial charge < -0.3 is 15.1 Å². The van der Waals surface area contributed by atoms with Gasteiger partial charge in [0.2, 0.25) is 5.96 Å². The second kappa shape index (κ2) is 9.48. The smallest absolute Gasteiger partial charge is 0.302 e. The molecule has 2 aromatic carbocycles. The van der Waals surface area contributed by atoms with Gasteiger partial charge in [-0.05, 0) is 37.3 Å². The normalized spacial score (nSPS) is 15.2. The number of nitriles is 1. The molecule has 1 atom stereocenters. The summed E-state index contributed by atoms with van der Waals surface area (Å²) in [5.74, 6) is -0.427. The molecule has 0 bridgehead atoms. The monoisotopic (exact) mass is 501 g/mol. The summed E-state index contributed by atoms with van der Waals surface area (Å²) in [6.45, 7) is 1.72. The predicted molar refractivity (Wildman–Crippen MR) is 133 cm³/mol. The molecule has 1 unspecified atom stereocenters. The first-order valence-corrected chi connectivity index (χ1v) is 11.1. The summed E-state index contributed by atoms with van der Waals surface area (Å²) in [7, 11) is 0. The molecule has 11 heteroatoms. The zero-order valence-electron chi connectivity index (χ0n) is 18.7. The van der Waals surface area contributed by atoms with E-state index in [1.807, 2.05) is 6.07 Å². The van der Waals surface area contributed by atoms with E-state index in [-0.39, 0.29) is 23.4 Å². The zero-order chi connectivity index (χ0) is 25.2. The Labute approximate surface area is 209 Å². The van der Waals surface area contributed by atoms with Gasteiger partial charge in [-0.2, -0.15) is 10.2 Å². The number of hydrogen-bond donors (Lipinski definition) is 3. The maximum absolute atomic E-state index is 13.5. The second-order valence-electron chi connectivity index (χ2n) is 7.82. The number of amides is 1. The molecule has 1 amide bonds. The van der Waals surface area contributed by atoms with Crippen molar-refractivity contribution >= 4 is 46.4 Å². The van der Waals surface area contributed by atoms with Gasteiger partial charge in [-0.1, -0.05) is 29.8 Å². The van der Waals surface area contributed by atoms with Crippen LogP contribution in [0.1, 0.15) is 24.1 Å². The van der Waals surface area contributed by atoms with Crippen molar-refractivity contribution in [3.63, 3.8) is 0 Å². The largest absolute Gasteiger partial charge is 0.423 e. The highest BCUT2D eigenvalue weighted by molar-refractivity contribution is 6.31. The van der Waals surface area contributed by atoms with E-state index in [0.29, 0.717) is 32.9 Å². The molecule has 36 heavy (non-hydrogen) atoms. The molecule has 0 saturated carbocycles. The number of oxazole rings is 1. The summed E-state index contributed by atoms with van der Waals surface area (Å²) in [6, 6.07) is 15.4. The number of aliphatic imine (C=N–C) groups is 1. The number of allylic oxidation sites excluding steroid dienone is 1. The molecule has 0 aliphatic carbocycles. The highest BCUT2D eigenvalue weighted by atomic mass is 35.5. The molecular weight excluding hydrogens is 485 g/mol. The van der Waals surface area contributed by atoms with Gasteiger partial charge in [-0.25, -0.2) is 14.4 Å². The first-order valence-electron chi connectivity index (χ1n) is 10.7. The minimum Gasteiger partial charge on any atom is -0.423 e. The summed E-state index contributed by atoms with van der Waals surface area (Å²) in [4.78, 5) is 26.4. The van der Waals surface area contributed by atoms with E-state index in [1.54, 1.807) is 31.2 Å². The second-order valence-corrected chi connectivity index (χ2v) is 8.22. The van der Waals surface area contributed by atoms with Crippen molar-refractivity contribution in [2.75, 3.05) is 10.6 Å². The first kappa shape index (κ1) is 23.0. The standard InChI is InChI=1S/C25H17ClFN7O2/c1-13-21(23(35)32-20-10-14(12-28)8-9-29-20)22(16-4-2-3-5-17(16)26)33-24(30-13)34-25-31-18-7-6-15(27)11-19(18)36-25/h2-11,22H,1H3,(H,29,32,35)(H2,30,31,33,34). The molecule has 178 valence electrons. The lowest BCUT2D eigenvalue weighted by Crippen LogP contribution is -2.37. The van der Waals surface area contributed by atoms with Crippen molar-refractivity contribution in [1.82, 2.24) is 15.3 Å². The van der Waals surface area contributed by atoms with Crippen LogP contribution in [0.2, 0.25) is 5.02 Å². The van der Waals surface area contributed by atoms with E-state index in [9.17, 15) is 9.18 Å². The van der Waals surface area contributed by atoms with Crippen LogP contribution in [0.5, 0.6) is 0 Å². The van der Waals surface area contributed by atoms with Crippen molar-refractivity contribution in [3.8, 4) is 6.07 Å². The van der Waals surface area contributed by atoms with Crippen LogP contribution in [0.15, 0.2) is 81.5 Å². The Morgan fingerprint density at radius 2 is 2.06 bits per heavy atom. The Morgan fingerprint density at radius 1 is 1.22 bits per heavy atom. The third kappa shape index (κ3) is 4.60. The average molecular weight is 502 g/mol. The SMILES string of the molecule is CC1=C(C(=O)Nc2cc(C#N)ccn2)C(c2ccccc2Cl)N=C(Nc2nc3ccc(F)cc3o2)N1. The molecule has 2 aromatic heterocycles. The fourth-order valence-corrected chi connectivity index (χ4v) is 4.00. The number of anilines is 2. The topological polar surface area (TPSA) is 128 Å². The summed E-state index contributed by atoms with van der Waals surface area (Å²) < 4.78 is 19.1. The number of nitrogens with one attached hydrogen (secondary N) is 3. The van der Waals surface area contributed by atoms with Crippen LogP contribution in [-0.4, -0.2) is 21.8 Å². The molecule has 3 N–H and O–H groups in total. The van der Waals surface area contributed by atoms with Crippen LogP contribution in [-0.2, 0) is 4.79 Å². The fraction of sp³-hybridized carbons (Fsp3) is 0.0800. The quantitative estimate of drug-likeness (QED) is 0.362. The molecule has 0 radical (unpaired) electrons. The van der Waals surface area contributed by atoms with Gasteiger partial charge >= 0.3 is 6.01 Å². The van der Waals surface area contributed by atoms with Crippen LogP contribution in [0.3, 0.4) is 0 Å². The number of nitrogens with zero attached hydrogens (tertiary/aromatic N) is 4. The van der Waals surface area contributed by atoms with Crippen molar-refractivity contribution in [2.24, 2.45) is 4.99 Å². The molecule has 0 saturated heterocycles. The van der Waals surface area contributed by atoms with E-state index in [0.717, 1.165) is 0 Å². The molecule has 0 spiro atoms. The molecular formula is C25H17ClFN7O2. The summed E-state index contributed by atoms with van der Waals surface area (Å²) in [5, 5.41) is 18.3. The van der Waals surface area contributed by atoms with Crippen LogP contribution in [0, 0.1) is 17.1 Å². The third-order valence-electron chi connectivity index (χ3n) is 5.39. The van der Waals surface area contributed by atoms with Gasteiger partial charge in [0.05, 0.1) is 17.2 Å². The number of pyridine rings is 1. The van der Waals surface area contributed by atoms with Crippen LogP contribution in [0.4, 0.5) is 16.2 Å². The lowest BCUT2D eigenvalue weighted by atomic mass is 9.95. The van der Waals surface area contributed by atoms with Crippen molar-refractivity contribution < 1.29 is 13.6 Å². The maximum Gasteiger partial charge on any atom is 0.302 e. The molecule has 0 fully saturated rings. The molecule has 1 aliphatic rings. The number of rotatable bonds is 4. The van der Waals surface area contributed by atoms with Crippen molar-refractivity contribution in [1.29, 1.82) is 5.26 Å². The molecule has 4 aromatic rings.